The van der Waals surface area contributed by atoms with Gasteiger partial charge in [-0.3, -0.25) is 4.79 Å². The van der Waals surface area contributed by atoms with E-state index in [0.29, 0.717) is 37.8 Å². The number of hydrogen-bond acceptors (Lipinski definition) is 5. The number of methoxy groups -OCH3 is 1. The third kappa shape index (κ3) is 7.35. The van der Waals surface area contributed by atoms with E-state index >= 15 is 0 Å². The highest BCUT2D eigenvalue weighted by molar-refractivity contribution is 6.35. The molecular formula is C33H32Cl3N3O4. The molecule has 1 atom stereocenters. The summed E-state index contributed by atoms with van der Waals surface area (Å²) in [6.07, 6.45) is 4.91. The Morgan fingerprint density at radius 1 is 0.953 bits per heavy atom. The average molecular weight is 641 g/mol. The minimum atomic E-state index is -0.925. The first-order valence-electron chi connectivity index (χ1n) is 14.2. The summed E-state index contributed by atoms with van der Waals surface area (Å²) in [6.45, 7) is 1.81. The molecule has 1 amide bonds. The van der Waals surface area contributed by atoms with E-state index in [1.54, 1.807) is 42.1 Å². The minimum absolute atomic E-state index is 0.152. The van der Waals surface area contributed by atoms with Crippen molar-refractivity contribution in [2.75, 3.05) is 7.11 Å². The van der Waals surface area contributed by atoms with Gasteiger partial charge in [0.25, 0.3) is 5.91 Å². The van der Waals surface area contributed by atoms with Gasteiger partial charge in [0.1, 0.15) is 17.9 Å². The molecule has 0 radical (unpaired) electrons. The Balaban J connectivity index is 1.49. The molecule has 224 valence electrons. The Hall–Kier alpha value is -3.52. The van der Waals surface area contributed by atoms with E-state index in [4.69, 9.17) is 49.4 Å². The van der Waals surface area contributed by atoms with Crippen molar-refractivity contribution in [3.8, 4) is 22.7 Å². The van der Waals surface area contributed by atoms with Crippen LogP contribution in [0.5, 0.6) is 5.75 Å². The second-order valence-corrected chi connectivity index (χ2v) is 11.9. The van der Waals surface area contributed by atoms with Crippen molar-refractivity contribution in [3.63, 3.8) is 0 Å². The van der Waals surface area contributed by atoms with Gasteiger partial charge in [-0.25, -0.2) is 9.48 Å². The number of esters is 1. The number of rotatable bonds is 9. The third-order valence-corrected chi connectivity index (χ3v) is 8.41. The molecule has 1 aromatic heterocycles. The van der Waals surface area contributed by atoms with Gasteiger partial charge in [-0.15, -0.1) is 0 Å². The molecule has 1 aliphatic rings. The molecule has 1 saturated carbocycles. The molecule has 0 bridgehead atoms. The number of ether oxygens (including phenoxy) is 2. The number of carbonyl (C=O) groups is 2. The highest BCUT2D eigenvalue weighted by Gasteiger charge is 2.30. The molecule has 1 N–H and O–H groups in total. The van der Waals surface area contributed by atoms with Crippen LogP contribution in [0.15, 0.2) is 66.7 Å². The van der Waals surface area contributed by atoms with Crippen LogP contribution in [-0.4, -0.2) is 40.9 Å². The number of amides is 1. The molecule has 1 aliphatic carbocycles. The van der Waals surface area contributed by atoms with Crippen molar-refractivity contribution in [1.29, 1.82) is 0 Å². The van der Waals surface area contributed by atoms with Crippen LogP contribution in [0.2, 0.25) is 15.1 Å². The highest BCUT2D eigenvalue weighted by atomic mass is 35.5. The topological polar surface area (TPSA) is 82.5 Å². The molecule has 0 aliphatic heterocycles. The fraction of sp³-hybridized carbons (Fsp3) is 0.303. The van der Waals surface area contributed by atoms with E-state index in [-0.39, 0.29) is 18.2 Å². The zero-order chi connectivity index (χ0) is 30.5. The summed E-state index contributed by atoms with van der Waals surface area (Å²) >= 11 is 18.9. The lowest BCUT2D eigenvalue weighted by molar-refractivity contribution is -0.152. The summed E-state index contributed by atoms with van der Waals surface area (Å²) in [5, 5.41) is 9.04. The van der Waals surface area contributed by atoms with E-state index in [1.165, 1.54) is 0 Å². The van der Waals surface area contributed by atoms with E-state index < -0.39 is 17.9 Å². The van der Waals surface area contributed by atoms with Crippen LogP contribution in [0.25, 0.3) is 16.9 Å². The second-order valence-electron chi connectivity index (χ2n) is 10.6. The second kappa shape index (κ2) is 13.8. The first kappa shape index (κ1) is 30.9. The molecule has 5 rings (SSSR count). The third-order valence-electron chi connectivity index (χ3n) is 7.62. The van der Waals surface area contributed by atoms with Crippen LogP contribution in [0.1, 0.15) is 53.7 Å². The van der Waals surface area contributed by atoms with Crippen molar-refractivity contribution in [2.45, 2.75) is 57.6 Å². The van der Waals surface area contributed by atoms with Crippen LogP contribution in [0, 0.1) is 6.92 Å². The zero-order valence-electron chi connectivity index (χ0n) is 23.9. The molecule has 43 heavy (non-hydrogen) atoms. The number of carbonyl (C=O) groups excluding carboxylic acids is 2. The first-order chi connectivity index (χ1) is 20.7. The Morgan fingerprint density at radius 2 is 1.63 bits per heavy atom. The fourth-order valence-electron chi connectivity index (χ4n) is 5.33. The van der Waals surface area contributed by atoms with Crippen molar-refractivity contribution in [3.05, 3.63) is 98.6 Å². The SMILES string of the molecule is COc1ccc(C[C@H](NC(=O)c2nn(-c3ccc(Cl)cc3Cl)c(-c3ccc(Cl)cc3)c2C)C(=O)OC2CCCCC2)cc1. The molecular weight excluding hydrogens is 609 g/mol. The average Bonchev–Trinajstić information content (AvgIpc) is 3.34. The van der Waals surface area contributed by atoms with Crippen LogP contribution in [-0.2, 0) is 16.0 Å². The Kier molecular flexibility index (Phi) is 9.96. The smallest absolute Gasteiger partial charge is 0.329 e. The minimum Gasteiger partial charge on any atom is -0.497 e. The van der Waals surface area contributed by atoms with Crippen LogP contribution < -0.4 is 10.1 Å². The van der Waals surface area contributed by atoms with Gasteiger partial charge in [0.05, 0.1) is 23.5 Å². The number of hydrogen-bond donors (Lipinski definition) is 1. The summed E-state index contributed by atoms with van der Waals surface area (Å²) in [7, 11) is 1.59. The number of aromatic nitrogens is 2. The highest BCUT2D eigenvalue weighted by Crippen LogP contribution is 2.33. The Labute approximate surface area is 266 Å². The molecule has 4 aromatic rings. The maximum Gasteiger partial charge on any atom is 0.329 e. The van der Waals surface area contributed by atoms with Crippen molar-refractivity contribution in [1.82, 2.24) is 15.1 Å². The molecule has 0 saturated heterocycles. The van der Waals surface area contributed by atoms with Gasteiger partial charge in [-0.05, 0) is 80.6 Å². The maximum absolute atomic E-state index is 13.9. The van der Waals surface area contributed by atoms with Crippen LogP contribution >= 0.6 is 34.8 Å². The van der Waals surface area contributed by atoms with Crippen molar-refractivity contribution in [2.24, 2.45) is 0 Å². The summed E-state index contributed by atoms with van der Waals surface area (Å²) in [4.78, 5) is 27.4. The number of nitrogens with one attached hydrogen (secondary N) is 1. The van der Waals surface area contributed by atoms with Gasteiger partial charge in [0.15, 0.2) is 5.69 Å². The normalized spacial score (nSPS) is 14.3. The van der Waals surface area contributed by atoms with Gasteiger partial charge in [-0.2, -0.15) is 5.10 Å². The lowest BCUT2D eigenvalue weighted by Crippen LogP contribution is -2.45. The Morgan fingerprint density at radius 3 is 2.28 bits per heavy atom. The van der Waals surface area contributed by atoms with Crippen LogP contribution in [0.3, 0.4) is 0 Å². The molecule has 1 fully saturated rings. The summed E-state index contributed by atoms with van der Waals surface area (Å²) in [6, 6.07) is 18.8. The fourth-order valence-corrected chi connectivity index (χ4v) is 5.95. The van der Waals surface area contributed by atoms with Gasteiger partial charge in [0, 0.05) is 27.6 Å². The molecule has 0 unspecified atom stereocenters. The van der Waals surface area contributed by atoms with Gasteiger partial charge >= 0.3 is 5.97 Å². The number of halogens is 3. The molecule has 0 spiro atoms. The quantitative estimate of drug-likeness (QED) is 0.187. The molecule has 10 heteroatoms. The summed E-state index contributed by atoms with van der Waals surface area (Å²) < 4.78 is 12.8. The predicted molar refractivity (Wildman–Crippen MR) is 170 cm³/mol. The molecule has 3 aromatic carbocycles. The van der Waals surface area contributed by atoms with E-state index in [9.17, 15) is 9.59 Å². The predicted octanol–water partition coefficient (Wildman–Crippen LogP) is 8.03. The lowest BCUT2D eigenvalue weighted by Gasteiger charge is -2.25. The van der Waals surface area contributed by atoms with Gasteiger partial charge < -0.3 is 14.8 Å². The standard InChI is InChI=1S/C33H32Cl3N3O4/c1-20-30(38-39(29-17-14-24(35)19-27(29)36)31(20)22-10-12-23(34)13-11-22)32(40)37-28(18-21-8-15-25(42-2)16-9-21)33(41)43-26-6-4-3-5-7-26/h8-17,19,26,28H,3-7,18H2,1-2H3,(H,37,40)/t28-/m0/s1. The maximum atomic E-state index is 13.9. The largest absolute Gasteiger partial charge is 0.497 e. The summed E-state index contributed by atoms with van der Waals surface area (Å²) in [5.41, 5.74) is 3.60. The molecule has 7 nitrogen and oxygen atoms in total. The first-order valence-corrected chi connectivity index (χ1v) is 15.3. The summed E-state index contributed by atoms with van der Waals surface area (Å²) in [5.74, 6) is -0.270. The number of nitrogens with zero attached hydrogens (tertiary/aromatic N) is 2. The van der Waals surface area contributed by atoms with E-state index in [0.717, 1.165) is 43.2 Å². The van der Waals surface area contributed by atoms with E-state index in [1.807, 2.05) is 43.3 Å². The van der Waals surface area contributed by atoms with E-state index in [2.05, 4.69) is 5.32 Å². The lowest BCUT2D eigenvalue weighted by atomic mass is 9.97. The van der Waals surface area contributed by atoms with Crippen molar-refractivity contribution < 1.29 is 19.1 Å². The Bertz CT molecular complexity index is 1600. The van der Waals surface area contributed by atoms with Gasteiger partial charge in [-0.1, -0.05) is 65.5 Å². The number of benzene rings is 3. The zero-order valence-corrected chi connectivity index (χ0v) is 26.2. The monoisotopic (exact) mass is 639 g/mol. The van der Waals surface area contributed by atoms with Gasteiger partial charge in [0.2, 0.25) is 0 Å². The molecule has 1 heterocycles. The van der Waals surface area contributed by atoms with Crippen LogP contribution in [0.4, 0.5) is 0 Å². The van der Waals surface area contributed by atoms with Crippen molar-refractivity contribution >= 4 is 46.7 Å².